The zero-order valence-corrected chi connectivity index (χ0v) is 17.0. The second kappa shape index (κ2) is 8.64. The summed E-state index contributed by atoms with van der Waals surface area (Å²) >= 11 is 5.89. The van der Waals surface area contributed by atoms with Crippen molar-refractivity contribution in [2.45, 2.75) is 37.3 Å². The van der Waals surface area contributed by atoms with Crippen LogP contribution in [0.2, 0.25) is 5.02 Å². The van der Waals surface area contributed by atoms with E-state index in [-0.39, 0.29) is 27.9 Å². The number of hydrogen-bond acceptors (Lipinski definition) is 4. The maximum absolute atomic E-state index is 13.0. The number of amides is 1. The SMILES string of the molecule is Cc1ccc(S(=O)(=O)N2CCCC2C(=O)Nc2ccc(OC(F)F)c(Cl)c2)cc1. The molecule has 2 aromatic rings. The molecule has 29 heavy (non-hydrogen) atoms. The lowest BCUT2D eigenvalue weighted by molar-refractivity contribution is -0.119. The second-order valence-corrected chi connectivity index (χ2v) is 8.90. The first-order valence-electron chi connectivity index (χ1n) is 8.82. The Balaban J connectivity index is 1.76. The number of halogens is 3. The van der Waals surface area contributed by atoms with Gasteiger partial charge in [0.05, 0.1) is 9.92 Å². The van der Waals surface area contributed by atoms with Gasteiger partial charge >= 0.3 is 6.61 Å². The molecule has 0 spiro atoms. The van der Waals surface area contributed by atoms with Gasteiger partial charge in [-0.3, -0.25) is 4.79 Å². The fourth-order valence-electron chi connectivity index (χ4n) is 3.13. The molecule has 10 heteroatoms. The van der Waals surface area contributed by atoms with Gasteiger partial charge in [-0.2, -0.15) is 13.1 Å². The van der Waals surface area contributed by atoms with Gasteiger partial charge in [0.15, 0.2) is 0 Å². The van der Waals surface area contributed by atoms with Crippen molar-refractivity contribution in [3.63, 3.8) is 0 Å². The number of nitrogens with zero attached hydrogens (tertiary/aromatic N) is 1. The van der Waals surface area contributed by atoms with E-state index in [0.717, 1.165) is 5.56 Å². The van der Waals surface area contributed by atoms with Crippen molar-refractivity contribution in [2.24, 2.45) is 0 Å². The lowest BCUT2D eigenvalue weighted by Gasteiger charge is -2.23. The van der Waals surface area contributed by atoms with E-state index in [2.05, 4.69) is 10.1 Å². The number of carbonyl (C=O) groups excluding carboxylic acids is 1. The van der Waals surface area contributed by atoms with E-state index in [0.29, 0.717) is 12.8 Å². The third kappa shape index (κ3) is 4.85. The highest BCUT2D eigenvalue weighted by Gasteiger charge is 2.39. The topological polar surface area (TPSA) is 75.7 Å². The summed E-state index contributed by atoms with van der Waals surface area (Å²) < 4.78 is 56.0. The predicted molar refractivity (Wildman–Crippen MR) is 105 cm³/mol. The molecule has 1 heterocycles. The largest absolute Gasteiger partial charge is 0.433 e. The predicted octanol–water partition coefficient (Wildman–Crippen LogP) is 4.04. The zero-order valence-electron chi connectivity index (χ0n) is 15.4. The van der Waals surface area contributed by atoms with Crippen LogP contribution >= 0.6 is 11.6 Å². The van der Waals surface area contributed by atoms with Gasteiger partial charge in [-0.25, -0.2) is 8.42 Å². The summed E-state index contributed by atoms with van der Waals surface area (Å²) in [6.45, 7) is -0.937. The Morgan fingerprint density at radius 3 is 2.55 bits per heavy atom. The minimum absolute atomic E-state index is 0.0985. The quantitative estimate of drug-likeness (QED) is 0.729. The molecule has 1 saturated heterocycles. The van der Waals surface area contributed by atoms with Crippen molar-refractivity contribution >= 4 is 33.2 Å². The molecule has 6 nitrogen and oxygen atoms in total. The lowest BCUT2D eigenvalue weighted by atomic mass is 10.2. The number of carbonyl (C=O) groups is 1. The van der Waals surface area contributed by atoms with Crippen molar-refractivity contribution in [3.05, 3.63) is 53.1 Å². The van der Waals surface area contributed by atoms with Crippen LogP contribution in [0.3, 0.4) is 0 Å². The monoisotopic (exact) mass is 444 g/mol. The summed E-state index contributed by atoms with van der Waals surface area (Å²) in [7, 11) is -3.83. The number of benzene rings is 2. The average Bonchev–Trinajstić information content (AvgIpc) is 3.15. The van der Waals surface area contributed by atoms with Gasteiger partial charge in [0.2, 0.25) is 15.9 Å². The highest BCUT2D eigenvalue weighted by Crippen LogP contribution is 2.30. The normalized spacial score (nSPS) is 17.5. The zero-order chi connectivity index (χ0) is 21.2. The lowest BCUT2D eigenvalue weighted by Crippen LogP contribution is -2.43. The molecule has 1 fully saturated rings. The molecular weight excluding hydrogens is 426 g/mol. The fraction of sp³-hybridized carbons (Fsp3) is 0.316. The number of aryl methyl sites for hydroxylation is 1. The number of sulfonamides is 1. The summed E-state index contributed by atoms with van der Waals surface area (Å²) in [5.41, 5.74) is 1.18. The Hall–Kier alpha value is -2.23. The van der Waals surface area contributed by atoms with Crippen molar-refractivity contribution < 1.29 is 26.7 Å². The Morgan fingerprint density at radius 2 is 1.93 bits per heavy atom. The number of anilines is 1. The summed E-state index contributed by atoms with van der Waals surface area (Å²) in [6, 6.07) is 9.38. The third-order valence-corrected chi connectivity index (χ3v) is 6.77. The molecule has 1 aliphatic heterocycles. The molecule has 0 aliphatic carbocycles. The first kappa shape index (κ1) is 21.5. The van der Waals surface area contributed by atoms with Gasteiger partial charge in [0.1, 0.15) is 11.8 Å². The third-order valence-electron chi connectivity index (χ3n) is 4.55. The van der Waals surface area contributed by atoms with E-state index >= 15 is 0 Å². The fourth-order valence-corrected chi connectivity index (χ4v) is 5.01. The summed E-state index contributed by atoms with van der Waals surface area (Å²) in [4.78, 5) is 12.8. The number of hydrogen-bond donors (Lipinski definition) is 1. The van der Waals surface area contributed by atoms with Crippen molar-refractivity contribution in [2.75, 3.05) is 11.9 Å². The van der Waals surface area contributed by atoms with Crippen molar-refractivity contribution in [1.82, 2.24) is 4.31 Å². The highest BCUT2D eigenvalue weighted by molar-refractivity contribution is 7.89. The smallest absolute Gasteiger partial charge is 0.387 e. The minimum Gasteiger partial charge on any atom is -0.433 e. The van der Waals surface area contributed by atoms with Gasteiger partial charge < -0.3 is 10.1 Å². The molecule has 3 rings (SSSR count). The number of ether oxygens (including phenoxy) is 1. The molecule has 156 valence electrons. The molecular formula is C19H19ClF2N2O4S. The number of nitrogens with one attached hydrogen (secondary N) is 1. The number of rotatable bonds is 6. The van der Waals surface area contributed by atoms with Gasteiger partial charge in [0, 0.05) is 12.2 Å². The van der Waals surface area contributed by atoms with E-state index < -0.39 is 28.6 Å². The van der Waals surface area contributed by atoms with Crippen LogP contribution < -0.4 is 10.1 Å². The number of alkyl halides is 2. The van der Waals surface area contributed by atoms with Crippen molar-refractivity contribution in [3.8, 4) is 5.75 Å². The molecule has 1 aliphatic rings. The molecule has 0 bridgehead atoms. The first-order valence-corrected chi connectivity index (χ1v) is 10.6. The van der Waals surface area contributed by atoms with E-state index in [4.69, 9.17) is 11.6 Å². The maximum atomic E-state index is 13.0. The Labute approximate surface area is 172 Å². The summed E-state index contributed by atoms with van der Waals surface area (Å²) in [5, 5.41) is 2.50. The summed E-state index contributed by atoms with van der Waals surface area (Å²) in [6.07, 6.45) is 0.919. The summed E-state index contributed by atoms with van der Waals surface area (Å²) in [5.74, 6) is -0.735. The van der Waals surface area contributed by atoms with Crippen LogP contribution in [0, 0.1) is 6.92 Å². The van der Waals surface area contributed by atoms with E-state index in [1.54, 1.807) is 12.1 Å². The first-order chi connectivity index (χ1) is 13.7. The minimum atomic E-state index is -3.83. The van der Waals surface area contributed by atoms with Gasteiger partial charge in [-0.1, -0.05) is 29.3 Å². The van der Waals surface area contributed by atoms with E-state index in [1.807, 2.05) is 6.92 Å². The van der Waals surface area contributed by atoms with Gasteiger partial charge in [-0.05, 0) is 50.1 Å². The van der Waals surface area contributed by atoms with Crippen LogP contribution in [-0.4, -0.2) is 37.8 Å². The van der Waals surface area contributed by atoms with Gasteiger partial charge in [-0.15, -0.1) is 0 Å². The standard InChI is InChI=1S/C19H19ClF2N2O4S/c1-12-4-7-14(8-5-12)29(26,27)24-10-2-3-16(24)18(25)23-13-6-9-17(15(20)11-13)28-19(21)22/h4-9,11,16,19H,2-3,10H2,1H3,(H,23,25). The Kier molecular flexibility index (Phi) is 6.40. The molecule has 1 atom stereocenters. The van der Waals surface area contributed by atoms with Crippen LogP contribution in [0.5, 0.6) is 5.75 Å². The van der Waals surface area contributed by atoms with Crippen LogP contribution in [0.1, 0.15) is 18.4 Å². The molecule has 1 N–H and O–H groups in total. The van der Waals surface area contributed by atoms with Crippen LogP contribution in [0.4, 0.5) is 14.5 Å². The van der Waals surface area contributed by atoms with E-state index in [1.165, 1.54) is 34.6 Å². The van der Waals surface area contributed by atoms with Crippen LogP contribution in [-0.2, 0) is 14.8 Å². The molecule has 1 unspecified atom stereocenters. The van der Waals surface area contributed by atoms with Gasteiger partial charge in [0.25, 0.3) is 0 Å². The van der Waals surface area contributed by atoms with Crippen LogP contribution in [0.15, 0.2) is 47.4 Å². The molecule has 0 saturated carbocycles. The van der Waals surface area contributed by atoms with Crippen LogP contribution in [0.25, 0.3) is 0 Å². The molecule has 1 amide bonds. The second-order valence-electron chi connectivity index (χ2n) is 6.60. The van der Waals surface area contributed by atoms with E-state index in [9.17, 15) is 22.0 Å². The van der Waals surface area contributed by atoms with Crippen molar-refractivity contribution in [1.29, 1.82) is 0 Å². The molecule has 0 radical (unpaired) electrons. The average molecular weight is 445 g/mol. The highest BCUT2D eigenvalue weighted by atomic mass is 35.5. The maximum Gasteiger partial charge on any atom is 0.387 e. The Bertz CT molecular complexity index is 1000. The molecule has 2 aromatic carbocycles. The Morgan fingerprint density at radius 1 is 1.24 bits per heavy atom. The molecule has 0 aromatic heterocycles.